The first-order valence-electron chi connectivity index (χ1n) is 9.12. The van der Waals surface area contributed by atoms with Gasteiger partial charge >= 0.3 is 6.03 Å². The van der Waals surface area contributed by atoms with Gasteiger partial charge in [0.25, 0.3) is 5.22 Å². The van der Waals surface area contributed by atoms with Crippen molar-refractivity contribution in [3.05, 3.63) is 65.2 Å². The summed E-state index contributed by atoms with van der Waals surface area (Å²) in [7, 11) is 0. The Kier molecular flexibility index (Phi) is 6.66. The lowest BCUT2D eigenvalue weighted by Crippen LogP contribution is -2.42. The van der Waals surface area contributed by atoms with Gasteiger partial charge in [0.2, 0.25) is 11.8 Å². The van der Waals surface area contributed by atoms with Crippen LogP contribution in [0.5, 0.6) is 0 Å². The molecule has 0 radical (unpaired) electrons. The summed E-state index contributed by atoms with van der Waals surface area (Å²) >= 11 is 1.10. The van der Waals surface area contributed by atoms with Gasteiger partial charge in [-0.15, -0.1) is 10.2 Å². The first-order valence-corrected chi connectivity index (χ1v) is 10.00. The number of nitrogens with zero attached hydrogens (tertiary/aromatic N) is 2. The van der Waals surface area contributed by atoms with Crippen LogP contribution in [0.25, 0.3) is 11.5 Å². The molecule has 0 aliphatic rings. The largest absolute Gasteiger partial charge is 0.411 e. The lowest BCUT2D eigenvalue weighted by atomic mass is 10.1. The Balaban J connectivity index is 1.53. The van der Waals surface area contributed by atoms with Crippen LogP contribution >= 0.6 is 11.8 Å². The molecule has 0 saturated heterocycles. The molecule has 150 valence electrons. The average molecular weight is 410 g/mol. The number of aryl methyl sites for hydroxylation is 2. The Bertz CT molecular complexity index is 984. The SMILES string of the molecule is Cc1cc(C)cc(-c2nnc(S[C@@H](C)C(=O)NC(=O)NCc3ccccc3)o2)c1. The van der Waals surface area contributed by atoms with Crippen LogP contribution in [0, 0.1) is 13.8 Å². The quantitative estimate of drug-likeness (QED) is 0.599. The Morgan fingerprint density at radius 1 is 1.07 bits per heavy atom. The zero-order valence-electron chi connectivity index (χ0n) is 16.4. The van der Waals surface area contributed by atoms with Crippen LogP contribution in [-0.4, -0.2) is 27.4 Å². The van der Waals surface area contributed by atoms with E-state index in [1.165, 1.54) is 0 Å². The monoisotopic (exact) mass is 410 g/mol. The Hall–Kier alpha value is -3.13. The summed E-state index contributed by atoms with van der Waals surface area (Å²) in [5, 5.41) is 12.7. The molecule has 3 aromatic rings. The van der Waals surface area contributed by atoms with E-state index < -0.39 is 17.2 Å². The van der Waals surface area contributed by atoms with Gasteiger partial charge in [-0.25, -0.2) is 4.79 Å². The van der Waals surface area contributed by atoms with Crippen molar-refractivity contribution in [2.45, 2.75) is 37.8 Å². The van der Waals surface area contributed by atoms with E-state index in [2.05, 4.69) is 26.9 Å². The van der Waals surface area contributed by atoms with E-state index in [4.69, 9.17) is 4.42 Å². The van der Waals surface area contributed by atoms with Crippen LogP contribution in [0.15, 0.2) is 58.2 Å². The smallest absolute Gasteiger partial charge is 0.321 e. The molecule has 3 amide bonds. The normalized spacial score (nSPS) is 11.7. The molecular weight excluding hydrogens is 388 g/mol. The molecule has 2 N–H and O–H groups in total. The number of hydrogen-bond acceptors (Lipinski definition) is 6. The first kappa shape index (κ1) is 20.6. The molecule has 0 aliphatic heterocycles. The number of benzene rings is 2. The van der Waals surface area contributed by atoms with Crippen molar-refractivity contribution < 1.29 is 14.0 Å². The number of aromatic nitrogens is 2. The van der Waals surface area contributed by atoms with E-state index in [-0.39, 0.29) is 5.22 Å². The fourth-order valence-corrected chi connectivity index (χ4v) is 3.40. The first-order chi connectivity index (χ1) is 13.9. The molecule has 0 saturated carbocycles. The van der Waals surface area contributed by atoms with Crippen LogP contribution in [-0.2, 0) is 11.3 Å². The molecule has 1 aromatic heterocycles. The minimum absolute atomic E-state index is 0.270. The summed E-state index contributed by atoms with van der Waals surface area (Å²) in [5.41, 5.74) is 3.98. The number of carbonyl (C=O) groups is 2. The van der Waals surface area contributed by atoms with Crippen molar-refractivity contribution in [3.8, 4) is 11.5 Å². The number of hydrogen-bond donors (Lipinski definition) is 2. The molecule has 7 nitrogen and oxygen atoms in total. The number of rotatable bonds is 6. The lowest BCUT2D eigenvalue weighted by molar-refractivity contribution is -0.119. The molecule has 0 aliphatic carbocycles. The van der Waals surface area contributed by atoms with E-state index in [1.807, 2.05) is 56.3 Å². The molecule has 0 bridgehead atoms. The van der Waals surface area contributed by atoms with Crippen molar-refractivity contribution in [1.29, 1.82) is 0 Å². The van der Waals surface area contributed by atoms with E-state index in [0.717, 1.165) is 34.0 Å². The summed E-state index contributed by atoms with van der Waals surface area (Å²) in [6, 6.07) is 14.9. The molecule has 2 aromatic carbocycles. The molecular formula is C21H22N4O3S. The van der Waals surface area contributed by atoms with Crippen LogP contribution in [0.4, 0.5) is 4.79 Å². The van der Waals surface area contributed by atoms with Crippen molar-refractivity contribution >= 4 is 23.7 Å². The second kappa shape index (κ2) is 9.38. The highest BCUT2D eigenvalue weighted by atomic mass is 32.2. The lowest BCUT2D eigenvalue weighted by Gasteiger charge is -2.10. The van der Waals surface area contributed by atoms with Crippen LogP contribution < -0.4 is 10.6 Å². The van der Waals surface area contributed by atoms with Gasteiger partial charge in [-0.3, -0.25) is 10.1 Å². The number of nitrogens with one attached hydrogen (secondary N) is 2. The summed E-state index contributed by atoms with van der Waals surface area (Å²) in [6.07, 6.45) is 0. The molecule has 8 heteroatoms. The molecule has 1 atom stereocenters. The molecule has 29 heavy (non-hydrogen) atoms. The third kappa shape index (κ3) is 5.92. The van der Waals surface area contributed by atoms with E-state index >= 15 is 0 Å². The predicted octanol–water partition coefficient (Wildman–Crippen LogP) is 3.86. The van der Waals surface area contributed by atoms with Crippen molar-refractivity contribution in [1.82, 2.24) is 20.8 Å². The van der Waals surface area contributed by atoms with Gasteiger partial charge in [0.1, 0.15) is 0 Å². The van der Waals surface area contributed by atoms with E-state index in [9.17, 15) is 9.59 Å². The number of urea groups is 1. The number of carbonyl (C=O) groups excluding carboxylic acids is 2. The predicted molar refractivity (Wildman–Crippen MR) is 111 cm³/mol. The van der Waals surface area contributed by atoms with Crippen molar-refractivity contribution in [2.75, 3.05) is 0 Å². The second-order valence-electron chi connectivity index (χ2n) is 6.67. The summed E-state index contributed by atoms with van der Waals surface area (Å²) < 4.78 is 5.67. The Morgan fingerprint density at radius 2 is 1.76 bits per heavy atom. The van der Waals surface area contributed by atoms with Gasteiger partial charge < -0.3 is 9.73 Å². The molecule has 3 rings (SSSR count). The number of thioether (sulfide) groups is 1. The van der Waals surface area contributed by atoms with Gasteiger partial charge in [-0.1, -0.05) is 59.3 Å². The number of amides is 3. The summed E-state index contributed by atoms with van der Waals surface area (Å²) in [5.74, 6) is -0.0424. The maximum atomic E-state index is 12.3. The van der Waals surface area contributed by atoms with Crippen LogP contribution in [0.1, 0.15) is 23.6 Å². The van der Waals surface area contributed by atoms with Crippen LogP contribution in [0.3, 0.4) is 0 Å². The van der Waals surface area contributed by atoms with Gasteiger partial charge in [0, 0.05) is 12.1 Å². The zero-order chi connectivity index (χ0) is 20.8. The maximum absolute atomic E-state index is 12.3. The third-order valence-electron chi connectivity index (χ3n) is 4.05. The zero-order valence-corrected chi connectivity index (χ0v) is 17.2. The highest BCUT2D eigenvalue weighted by Crippen LogP contribution is 2.27. The van der Waals surface area contributed by atoms with Gasteiger partial charge in [-0.2, -0.15) is 0 Å². The van der Waals surface area contributed by atoms with E-state index in [1.54, 1.807) is 6.92 Å². The Labute approximate surface area is 173 Å². The minimum atomic E-state index is -0.579. The highest BCUT2D eigenvalue weighted by molar-refractivity contribution is 8.00. The second-order valence-corrected chi connectivity index (χ2v) is 7.96. The third-order valence-corrected chi connectivity index (χ3v) is 4.99. The van der Waals surface area contributed by atoms with Gasteiger partial charge in [-0.05, 0) is 38.5 Å². The fourth-order valence-electron chi connectivity index (χ4n) is 2.71. The minimum Gasteiger partial charge on any atom is -0.411 e. The van der Waals surface area contributed by atoms with Crippen LogP contribution in [0.2, 0.25) is 0 Å². The van der Waals surface area contributed by atoms with Crippen molar-refractivity contribution in [2.24, 2.45) is 0 Å². The van der Waals surface area contributed by atoms with Gasteiger partial charge in [0.05, 0.1) is 5.25 Å². The summed E-state index contributed by atoms with van der Waals surface area (Å²) in [6.45, 7) is 6.01. The maximum Gasteiger partial charge on any atom is 0.321 e. The molecule has 0 spiro atoms. The topological polar surface area (TPSA) is 97.1 Å². The average Bonchev–Trinajstić information content (AvgIpc) is 3.15. The number of imide groups is 1. The van der Waals surface area contributed by atoms with E-state index in [0.29, 0.717) is 12.4 Å². The fraction of sp³-hybridized carbons (Fsp3) is 0.238. The molecule has 0 fully saturated rings. The molecule has 1 heterocycles. The van der Waals surface area contributed by atoms with Crippen molar-refractivity contribution in [3.63, 3.8) is 0 Å². The summed E-state index contributed by atoms with van der Waals surface area (Å²) in [4.78, 5) is 24.2. The highest BCUT2D eigenvalue weighted by Gasteiger charge is 2.20. The Morgan fingerprint density at radius 3 is 2.45 bits per heavy atom. The molecule has 0 unspecified atom stereocenters. The van der Waals surface area contributed by atoms with Gasteiger partial charge in [0.15, 0.2) is 0 Å². The standard InChI is InChI=1S/C21H22N4O3S/c1-13-9-14(2)11-17(10-13)19-24-25-21(28-19)29-15(3)18(26)23-20(27)22-12-16-7-5-4-6-8-16/h4-11,15H,12H2,1-3H3,(H2,22,23,26,27)/t15-/m0/s1.